The van der Waals surface area contributed by atoms with Crippen molar-refractivity contribution in [2.24, 2.45) is 0 Å². The lowest BCUT2D eigenvalue weighted by Crippen LogP contribution is -2.23. The van der Waals surface area contributed by atoms with Gasteiger partial charge in [-0.15, -0.1) is 0 Å². The van der Waals surface area contributed by atoms with Gasteiger partial charge >= 0.3 is 6.18 Å². The number of aromatic nitrogens is 1. The Balaban J connectivity index is 1.38. The fourth-order valence-electron chi connectivity index (χ4n) is 5.14. The molecule has 4 nitrogen and oxygen atoms in total. The first-order valence-electron chi connectivity index (χ1n) is 12.6. The molecule has 0 atom stereocenters. The van der Waals surface area contributed by atoms with E-state index in [2.05, 4.69) is 21.3 Å². The molecule has 0 aliphatic carbocycles. The van der Waals surface area contributed by atoms with Crippen molar-refractivity contribution in [3.05, 3.63) is 113 Å². The molecule has 0 bridgehead atoms. The largest absolute Gasteiger partial charge is 0.416 e. The van der Waals surface area contributed by atoms with Gasteiger partial charge in [-0.1, -0.05) is 36.4 Å². The van der Waals surface area contributed by atoms with E-state index in [9.17, 15) is 18.0 Å². The number of hydrogen-bond acceptors (Lipinski definition) is 3. The molecular weight excluding hydrogens is 487 g/mol. The maximum absolute atomic E-state index is 13.5. The number of rotatable bonds is 6. The van der Waals surface area contributed by atoms with Gasteiger partial charge in [0.15, 0.2) is 0 Å². The van der Waals surface area contributed by atoms with E-state index in [0.717, 1.165) is 60.6 Å². The van der Waals surface area contributed by atoms with Crippen LogP contribution in [-0.2, 0) is 19.0 Å². The zero-order chi connectivity index (χ0) is 26.9. The van der Waals surface area contributed by atoms with Crippen LogP contribution in [0, 0.1) is 13.8 Å². The minimum atomic E-state index is -4.41. The Kier molecular flexibility index (Phi) is 6.93. The van der Waals surface area contributed by atoms with Gasteiger partial charge in [-0.05, 0) is 84.5 Å². The van der Waals surface area contributed by atoms with E-state index in [1.807, 2.05) is 38.2 Å². The number of alkyl halides is 3. The highest BCUT2D eigenvalue weighted by Gasteiger charge is 2.30. The predicted molar refractivity (Wildman–Crippen MR) is 145 cm³/mol. The summed E-state index contributed by atoms with van der Waals surface area (Å²) in [6, 6.07) is 19.9. The van der Waals surface area contributed by atoms with Crippen LogP contribution in [0.15, 0.2) is 79.0 Å². The average Bonchev–Trinajstić information content (AvgIpc) is 3.32. The van der Waals surface area contributed by atoms with Crippen molar-refractivity contribution in [1.29, 1.82) is 0 Å². The van der Waals surface area contributed by atoms with E-state index in [4.69, 9.17) is 0 Å². The van der Waals surface area contributed by atoms with Crippen molar-refractivity contribution in [1.82, 2.24) is 4.98 Å². The number of anilines is 2. The monoisotopic (exact) mass is 515 g/mol. The number of carbonyl (C=O) groups excluding carboxylic acids is 1. The van der Waals surface area contributed by atoms with Gasteiger partial charge in [-0.3, -0.25) is 9.78 Å². The first-order chi connectivity index (χ1) is 18.2. The molecule has 1 amide bonds. The molecule has 0 saturated heterocycles. The molecule has 0 radical (unpaired) electrons. The summed E-state index contributed by atoms with van der Waals surface area (Å²) >= 11 is 0. The van der Waals surface area contributed by atoms with Crippen LogP contribution in [0.1, 0.15) is 38.3 Å². The SMILES string of the molecule is Cc1cc2c(c(C)c1NC(=O)c1ccccc1-c1ccc(C(F)(F)F)cc1)CCN2CCc1ccccn1. The maximum Gasteiger partial charge on any atom is 0.416 e. The Hall–Kier alpha value is -4.13. The molecule has 1 aliphatic rings. The summed E-state index contributed by atoms with van der Waals surface area (Å²) in [4.78, 5) is 20.3. The van der Waals surface area contributed by atoms with Gasteiger partial charge < -0.3 is 10.2 Å². The van der Waals surface area contributed by atoms with Crippen LogP contribution in [0.2, 0.25) is 0 Å². The summed E-state index contributed by atoms with van der Waals surface area (Å²) in [5.41, 5.74) is 7.08. The van der Waals surface area contributed by atoms with E-state index in [0.29, 0.717) is 16.7 Å². The molecule has 0 fully saturated rings. The van der Waals surface area contributed by atoms with E-state index in [-0.39, 0.29) is 5.91 Å². The highest BCUT2D eigenvalue weighted by atomic mass is 19.4. The number of halogens is 3. The Morgan fingerprint density at radius 3 is 2.45 bits per heavy atom. The molecule has 1 aliphatic heterocycles. The molecule has 0 spiro atoms. The zero-order valence-corrected chi connectivity index (χ0v) is 21.3. The molecule has 4 aromatic rings. The number of benzene rings is 3. The molecule has 0 unspecified atom stereocenters. The minimum Gasteiger partial charge on any atom is -0.371 e. The Labute approximate surface area is 220 Å². The molecule has 1 aromatic heterocycles. The van der Waals surface area contributed by atoms with Crippen molar-refractivity contribution in [2.45, 2.75) is 32.9 Å². The molecule has 3 aromatic carbocycles. The second kappa shape index (κ2) is 10.3. The number of aryl methyl sites for hydroxylation is 1. The lowest BCUT2D eigenvalue weighted by molar-refractivity contribution is -0.137. The van der Waals surface area contributed by atoms with Crippen LogP contribution >= 0.6 is 0 Å². The topological polar surface area (TPSA) is 45.2 Å². The standard InChI is InChI=1S/C31H28F3N3O/c1-20-19-28-25(15-18-37(28)17-14-24-7-5-6-16-35-24)21(2)29(20)36-30(38)27-9-4-3-8-26(27)22-10-12-23(13-11-22)31(32,33)34/h3-13,16,19H,14-15,17-18H2,1-2H3,(H,36,38). The summed E-state index contributed by atoms with van der Waals surface area (Å²) in [7, 11) is 0. The van der Waals surface area contributed by atoms with Crippen molar-refractivity contribution in [3.63, 3.8) is 0 Å². The van der Waals surface area contributed by atoms with E-state index < -0.39 is 11.7 Å². The molecule has 1 N–H and O–H groups in total. The lowest BCUT2D eigenvalue weighted by Gasteiger charge is -2.22. The summed E-state index contributed by atoms with van der Waals surface area (Å²) in [5, 5.41) is 3.10. The minimum absolute atomic E-state index is 0.295. The quantitative estimate of drug-likeness (QED) is 0.294. The van der Waals surface area contributed by atoms with Gasteiger partial charge in [-0.2, -0.15) is 13.2 Å². The molecule has 194 valence electrons. The predicted octanol–water partition coefficient (Wildman–Crippen LogP) is 7.24. The molecule has 5 rings (SSSR count). The number of amides is 1. The van der Waals surface area contributed by atoms with Gasteiger partial charge in [0.05, 0.1) is 5.56 Å². The third-order valence-electron chi connectivity index (χ3n) is 7.15. The Morgan fingerprint density at radius 2 is 1.74 bits per heavy atom. The number of pyridine rings is 1. The van der Waals surface area contributed by atoms with Crippen molar-refractivity contribution in [3.8, 4) is 11.1 Å². The number of nitrogens with zero attached hydrogens (tertiary/aromatic N) is 2. The average molecular weight is 516 g/mol. The molecule has 7 heteroatoms. The van der Waals surface area contributed by atoms with Crippen LogP contribution in [0.3, 0.4) is 0 Å². The normalized spacial score (nSPS) is 12.9. The molecule has 38 heavy (non-hydrogen) atoms. The maximum atomic E-state index is 13.5. The Bertz CT molecular complexity index is 1460. The number of hydrogen-bond donors (Lipinski definition) is 1. The van der Waals surface area contributed by atoms with Crippen molar-refractivity contribution >= 4 is 17.3 Å². The lowest BCUT2D eigenvalue weighted by atomic mass is 9.97. The van der Waals surface area contributed by atoms with Crippen molar-refractivity contribution in [2.75, 3.05) is 23.3 Å². The number of nitrogens with one attached hydrogen (secondary N) is 1. The fraction of sp³-hybridized carbons (Fsp3) is 0.226. The summed E-state index contributed by atoms with van der Waals surface area (Å²) in [5.74, 6) is -0.295. The van der Waals surface area contributed by atoms with Crippen LogP contribution in [-0.4, -0.2) is 24.0 Å². The van der Waals surface area contributed by atoms with Crippen LogP contribution < -0.4 is 10.2 Å². The van der Waals surface area contributed by atoms with Gasteiger partial charge in [0, 0.05) is 48.3 Å². The highest BCUT2D eigenvalue weighted by molar-refractivity contribution is 6.09. The Morgan fingerprint density at radius 1 is 1.00 bits per heavy atom. The van der Waals surface area contributed by atoms with E-state index in [1.54, 1.807) is 24.3 Å². The second-order valence-electron chi connectivity index (χ2n) is 9.57. The van der Waals surface area contributed by atoms with Crippen LogP contribution in [0.25, 0.3) is 11.1 Å². The van der Waals surface area contributed by atoms with E-state index in [1.165, 1.54) is 23.4 Å². The number of carbonyl (C=O) groups is 1. The molecular formula is C31H28F3N3O. The van der Waals surface area contributed by atoms with E-state index >= 15 is 0 Å². The molecule has 2 heterocycles. The third kappa shape index (κ3) is 5.14. The first-order valence-corrected chi connectivity index (χ1v) is 12.6. The third-order valence-corrected chi connectivity index (χ3v) is 7.15. The summed E-state index contributed by atoms with van der Waals surface area (Å²) < 4.78 is 39.1. The smallest absolute Gasteiger partial charge is 0.371 e. The first kappa shape index (κ1) is 25.5. The van der Waals surface area contributed by atoms with Gasteiger partial charge in [-0.25, -0.2) is 0 Å². The van der Waals surface area contributed by atoms with Crippen LogP contribution in [0.5, 0.6) is 0 Å². The van der Waals surface area contributed by atoms with Gasteiger partial charge in [0.1, 0.15) is 0 Å². The zero-order valence-electron chi connectivity index (χ0n) is 21.3. The summed E-state index contributed by atoms with van der Waals surface area (Å²) in [6.07, 6.45) is -0.843. The van der Waals surface area contributed by atoms with Gasteiger partial charge in [0.25, 0.3) is 5.91 Å². The molecule has 0 saturated carbocycles. The van der Waals surface area contributed by atoms with Crippen molar-refractivity contribution < 1.29 is 18.0 Å². The number of fused-ring (bicyclic) bond motifs is 1. The van der Waals surface area contributed by atoms with Gasteiger partial charge in [0.2, 0.25) is 0 Å². The van der Waals surface area contributed by atoms with Crippen LogP contribution in [0.4, 0.5) is 24.5 Å². The second-order valence-corrected chi connectivity index (χ2v) is 9.57. The fourth-order valence-corrected chi connectivity index (χ4v) is 5.14. The highest BCUT2D eigenvalue weighted by Crippen LogP contribution is 2.38. The summed E-state index contributed by atoms with van der Waals surface area (Å²) in [6.45, 7) is 5.80.